The zero-order valence-electron chi connectivity index (χ0n) is 11.0. The van der Waals surface area contributed by atoms with E-state index < -0.39 is 6.04 Å². The lowest BCUT2D eigenvalue weighted by molar-refractivity contribution is -0.145. The van der Waals surface area contributed by atoms with E-state index in [4.69, 9.17) is 27.9 Å². The predicted molar refractivity (Wildman–Crippen MR) is 79.2 cm³/mol. The van der Waals surface area contributed by atoms with Gasteiger partial charge in [-0.1, -0.05) is 47.9 Å². The van der Waals surface area contributed by atoms with Gasteiger partial charge in [0.2, 0.25) is 0 Å². The molecule has 1 heterocycles. The Morgan fingerprint density at radius 2 is 2.21 bits per heavy atom. The van der Waals surface area contributed by atoms with Crippen molar-refractivity contribution in [3.05, 3.63) is 14.5 Å². The highest BCUT2D eigenvalue weighted by Crippen LogP contribution is 2.28. The maximum absolute atomic E-state index is 11.9. The van der Waals surface area contributed by atoms with Crippen LogP contribution in [0.2, 0.25) is 8.80 Å². The number of carbonyl (C=O) groups excluding carboxylic acids is 1. The normalized spacial score (nSPS) is 12.4. The molecule has 4 nitrogen and oxygen atoms in total. The third kappa shape index (κ3) is 5.65. The molecule has 108 valence electrons. The smallest absolute Gasteiger partial charge is 0.323 e. The zero-order chi connectivity index (χ0) is 14.3. The molecule has 1 rings (SSSR count). The average Bonchev–Trinajstić information content (AvgIpc) is 2.67. The van der Waals surface area contributed by atoms with Crippen LogP contribution in [0.3, 0.4) is 0 Å². The van der Waals surface area contributed by atoms with Crippen LogP contribution < -0.4 is 5.32 Å². The summed E-state index contributed by atoms with van der Waals surface area (Å²) in [4.78, 5) is 16.0. The summed E-state index contributed by atoms with van der Waals surface area (Å²) in [5.41, 5.74) is 0.638. The van der Waals surface area contributed by atoms with Crippen LogP contribution in [-0.4, -0.2) is 30.1 Å². The van der Waals surface area contributed by atoms with Crippen LogP contribution in [0.15, 0.2) is 0 Å². The summed E-state index contributed by atoms with van der Waals surface area (Å²) < 4.78 is 5.96. The molecule has 0 amide bonds. The summed E-state index contributed by atoms with van der Waals surface area (Å²) in [6.45, 7) is 5.00. The fourth-order valence-corrected chi connectivity index (χ4v) is 2.90. The largest absolute Gasteiger partial charge is 0.465 e. The lowest BCUT2D eigenvalue weighted by atomic mass is 10.1. The Hall–Kier alpha value is -0.360. The first-order valence-electron chi connectivity index (χ1n) is 6.29. The molecule has 1 atom stereocenters. The number of halogens is 2. The number of unbranched alkanes of at least 4 members (excludes halogenated alkanes) is 1. The van der Waals surface area contributed by atoms with Crippen LogP contribution in [0.4, 0.5) is 0 Å². The minimum Gasteiger partial charge on any atom is -0.465 e. The molecule has 1 unspecified atom stereocenters. The summed E-state index contributed by atoms with van der Waals surface area (Å²) in [5, 5.41) is 3.18. The van der Waals surface area contributed by atoms with E-state index in [1.165, 1.54) is 11.3 Å². The summed E-state index contributed by atoms with van der Waals surface area (Å²) in [6.07, 6.45) is 2.46. The monoisotopic (exact) mass is 324 g/mol. The summed E-state index contributed by atoms with van der Waals surface area (Å²) >= 11 is 13.0. The van der Waals surface area contributed by atoms with Gasteiger partial charge < -0.3 is 10.1 Å². The minimum absolute atomic E-state index is 0.279. The Bertz CT molecular complexity index is 412. The van der Waals surface area contributed by atoms with Gasteiger partial charge in [-0.2, -0.15) is 0 Å². The molecule has 0 aromatic carbocycles. The van der Waals surface area contributed by atoms with E-state index in [1.54, 1.807) is 6.92 Å². The molecule has 0 aliphatic heterocycles. The van der Waals surface area contributed by atoms with Crippen molar-refractivity contribution in [3.8, 4) is 0 Å². The topological polar surface area (TPSA) is 51.2 Å². The van der Waals surface area contributed by atoms with Gasteiger partial charge in [-0.3, -0.25) is 4.79 Å². The van der Waals surface area contributed by atoms with Crippen LogP contribution in [0.25, 0.3) is 0 Å². The van der Waals surface area contributed by atoms with Crippen LogP contribution >= 0.6 is 34.5 Å². The van der Waals surface area contributed by atoms with Crippen molar-refractivity contribution in [2.45, 2.75) is 39.2 Å². The van der Waals surface area contributed by atoms with Gasteiger partial charge >= 0.3 is 5.97 Å². The summed E-state index contributed by atoms with van der Waals surface area (Å²) in [7, 11) is 0. The van der Waals surface area contributed by atoms with E-state index in [0.29, 0.717) is 27.5 Å². The van der Waals surface area contributed by atoms with Gasteiger partial charge in [-0.15, -0.1) is 0 Å². The van der Waals surface area contributed by atoms with E-state index in [-0.39, 0.29) is 5.97 Å². The average molecular weight is 325 g/mol. The maximum atomic E-state index is 11.9. The Kier molecular flexibility index (Phi) is 7.68. The third-order valence-electron chi connectivity index (χ3n) is 2.51. The fraction of sp³-hybridized carbons (Fsp3) is 0.667. The van der Waals surface area contributed by atoms with Gasteiger partial charge in [0.15, 0.2) is 4.47 Å². The Morgan fingerprint density at radius 1 is 1.47 bits per heavy atom. The Morgan fingerprint density at radius 3 is 2.74 bits per heavy atom. The number of nitrogens with zero attached hydrogens (tertiary/aromatic N) is 1. The molecule has 0 aliphatic rings. The van der Waals surface area contributed by atoms with Crippen molar-refractivity contribution in [1.82, 2.24) is 10.3 Å². The van der Waals surface area contributed by atoms with Crippen LogP contribution in [0.1, 0.15) is 32.4 Å². The highest BCUT2D eigenvalue weighted by Gasteiger charge is 2.22. The minimum atomic E-state index is -0.429. The Labute approximate surface area is 127 Å². The van der Waals surface area contributed by atoms with Crippen molar-refractivity contribution in [3.63, 3.8) is 0 Å². The fourth-order valence-electron chi connectivity index (χ4n) is 1.56. The van der Waals surface area contributed by atoms with E-state index in [9.17, 15) is 4.79 Å². The summed E-state index contributed by atoms with van der Waals surface area (Å²) in [6, 6.07) is -0.429. The first-order chi connectivity index (χ1) is 9.08. The number of ether oxygens (including phenoxy) is 1. The molecule has 0 fully saturated rings. The number of rotatable bonds is 8. The second kappa shape index (κ2) is 8.74. The molecule has 19 heavy (non-hydrogen) atoms. The lowest BCUT2D eigenvalue weighted by Gasteiger charge is -2.16. The maximum Gasteiger partial charge on any atom is 0.323 e. The molecule has 0 radical (unpaired) electrons. The highest BCUT2D eigenvalue weighted by molar-refractivity contribution is 7.19. The quantitative estimate of drug-likeness (QED) is 0.588. The molecule has 0 spiro atoms. The number of hydrogen-bond acceptors (Lipinski definition) is 5. The second-order valence-corrected chi connectivity index (χ2v) is 6.19. The Balaban J connectivity index is 2.67. The zero-order valence-corrected chi connectivity index (χ0v) is 13.4. The van der Waals surface area contributed by atoms with Gasteiger partial charge in [0.1, 0.15) is 10.4 Å². The molecular formula is C12H18Cl2N2O2S. The van der Waals surface area contributed by atoms with Crippen LogP contribution in [0, 0.1) is 0 Å². The van der Waals surface area contributed by atoms with Crippen LogP contribution in [0.5, 0.6) is 0 Å². The van der Waals surface area contributed by atoms with Crippen molar-refractivity contribution >= 4 is 40.5 Å². The van der Waals surface area contributed by atoms with E-state index in [2.05, 4.69) is 17.2 Å². The van der Waals surface area contributed by atoms with E-state index in [1.807, 2.05) is 0 Å². The number of aromatic nitrogens is 1. The van der Waals surface area contributed by atoms with E-state index >= 15 is 0 Å². The first kappa shape index (κ1) is 16.7. The summed E-state index contributed by atoms with van der Waals surface area (Å²) in [5.74, 6) is -0.279. The second-order valence-electron chi connectivity index (χ2n) is 4.00. The molecule has 0 saturated heterocycles. The van der Waals surface area contributed by atoms with E-state index in [0.717, 1.165) is 19.4 Å². The number of thiazole rings is 1. The van der Waals surface area contributed by atoms with Crippen molar-refractivity contribution in [2.75, 3.05) is 13.2 Å². The molecule has 1 aromatic heterocycles. The van der Waals surface area contributed by atoms with Gasteiger partial charge in [-0.05, 0) is 19.9 Å². The number of esters is 1. The van der Waals surface area contributed by atoms with Crippen molar-refractivity contribution in [2.24, 2.45) is 0 Å². The lowest BCUT2D eigenvalue weighted by Crippen LogP contribution is -2.40. The van der Waals surface area contributed by atoms with Gasteiger partial charge in [0.05, 0.1) is 12.3 Å². The number of hydrogen-bond donors (Lipinski definition) is 1. The first-order valence-corrected chi connectivity index (χ1v) is 7.86. The molecule has 0 saturated carbocycles. The molecule has 0 bridgehead atoms. The SMILES string of the molecule is CCCCNC(Cc1nc(Cl)sc1Cl)C(=O)OCC. The van der Waals surface area contributed by atoms with Gasteiger partial charge in [0, 0.05) is 6.42 Å². The predicted octanol–water partition coefficient (Wildman–Crippen LogP) is 3.31. The molecule has 1 N–H and O–H groups in total. The number of carbonyl (C=O) groups is 1. The third-order valence-corrected chi connectivity index (χ3v) is 3.95. The highest BCUT2D eigenvalue weighted by atomic mass is 35.5. The molecular weight excluding hydrogens is 307 g/mol. The molecule has 0 aliphatic carbocycles. The van der Waals surface area contributed by atoms with Crippen LogP contribution in [-0.2, 0) is 16.0 Å². The number of nitrogens with one attached hydrogen (secondary N) is 1. The standard InChI is InChI=1S/C12H18Cl2N2O2S/c1-3-5-6-15-9(11(17)18-4-2)7-8-10(13)19-12(14)16-8/h9,15H,3-7H2,1-2H3. The molecule has 1 aromatic rings. The van der Waals surface area contributed by atoms with Gasteiger partial charge in [0.25, 0.3) is 0 Å². The molecule has 7 heteroatoms. The van der Waals surface area contributed by atoms with Gasteiger partial charge in [-0.25, -0.2) is 4.98 Å². The van der Waals surface area contributed by atoms with Crippen molar-refractivity contribution in [1.29, 1.82) is 0 Å². The van der Waals surface area contributed by atoms with Crippen molar-refractivity contribution < 1.29 is 9.53 Å².